The molecule has 0 unspecified atom stereocenters. The molecule has 2 amide bonds. The molecule has 5 N–H and O–H groups in total. The zero-order chi connectivity index (χ0) is 21.9. The maximum Gasteiger partial charge on any atom is 0.234 e. The van der Waals surface area contributed by atoms with Crippen LogP contribution in [-0.2, 0) is 9.59 Å². The molecule has 30 heavy (non-hydrogen) atoms. The number of nitrogens with one attached hydrogen (secondary N) is 1. The van der Waals surface area contributed by atoms with Gasteiger partial charge in [-0.1, -0.05) is 37.1 Å². The Labute approximate surface area is 181 Å². The van der Waals surface area contributed by atoms with Gasteiger partial charge in [0.1, 0.15) is 5.82 Å². The molecule has 0 radical (unpaired) electrons. The highest BCUT2D eigenvalue weighted by Crippen LogP contribution is 2.52. The number of nitrogens with zero attached hydrogens (tertiary/aromatic N) is 2. The number of primary amides is 1. The zero-order valence-corrected chi connectivity index (χ0v) is 18.1. The highest BCUT2D eigenvalue weighted by Gasteiger charge is 2.51. The Kier molecular flexibility index (Phi) is 6.52. The Hall–Kier alpha value is -2.79. The average Bonchev–Trinajstić information content (AvgIpc) is 2.69. The second-order valence-electron chi connectivity index (χ2n) is 8.01. The van der Waals surface area contributed by atoms with Crippen LogP contribution in [0.1, 0.15) is 43.2 Å². The smallest absolute Gasteiger partial charge is 0.234 e. The van der Waals surface area contributed by atoms with E-state index in [1.807, 2.05) is 32.0 Å². The minimum atomic E-state index is -0.737. The van der Waals surface area contributed by atoms with Gasteiger partial charge < -0.3 is 16.8 Å². The van der Waals surface area contributed by atoms with Crippen LogP contribution in [0, 0.1) is 36.5 Å². The molecule has 1 aliphatic heterocycles. The fraction of sp³-hybridized carbons (Fsp3) is 0.455. The zero-order valence-electron chi connectivity index (χ0n) is 17.3. The molecule has 8 heteroatoms. The van der Waals surface area contributed by atoms with Crippen molar-refractivity contribution >= 4 is 34.3 Å². The van der Waals surface area contributed by atoms with E-state index in [9.17, 15) is 14.9 Å². The SMILES string of the molecule is Cc1ccc(NC(=O)CSC2=NC(N)=C(C#N)C3(CCCCC3)[C@H]2C(N)=O)cc1C. The summed E-state index contributed by atoms with van der Waals surface area (Å²) < 4.78 is 0. The van der Waals surface area contributed by atoms with Gasteiger partial charge in [0.25, 0.3) is 0 Å². The number of carbonyl (C=O) groups excluding carboxylic acids is 2. The van der Waals surface area contributed by atoms with Crippen LogP contribution in [-0.4, -0.2) is 22.6 Å². The molecule has 3 rings (SSSR count). The van der Waals surface area contributed by atoms with Crippen LogP contribution in [0.25, 0.3) is 0 Å². The van der Waals surface area contributed by atoms with Crippen molar-refractivity contribution < 1.29 is 9.59 Å². The number of thioether (sulfide) groups is 1. The van der Waals surface area contributed by atoms with Gasteiger partial charge in [-0.05, 0) is 49.9 Å². The summed E-state index contributed by atoms with van der Waals surface area (Å²) in [4.78, 5) is 29.3. The van der Waals surface area contributed by atoms with E-state index in [4.69, 9.17) is 11.5 Å². The Bertz CT molecular complexity index is 970. The quantitative estimate of drug-likeness (QED) is 0.681. The number of rotatable bonds is 4. The maximum atomic E-state index is 12.5. The lowest BCUT2D eigenvalue weighted by atomic mass is 9.61. The minimum Gasteiger partial charge on any atom is -0.383 e. The largest absolute Gasteiger partial charge is 0.383 e. The van der Waals surface area contributed by atoms with Crippen LogP contribution >= 0.6 is 11.8 Å². The van der Waals surface area contributed by atoms with E-state index in [0.29, 0.717) is 23.5 Å². The van der Waals surface area contributed by atoms with E-state index >= 15 is 0 Å². The normalized spacial score (nSPS) is 20.4. The van der Waals surface area contributed by atoms with Crippen molar-refractivity contribution in [2.24, 2.45) is 27.8 Å². The van der Waals surface area contributed by atoms with Crippen LogP contribution < -0.4 is 16.8 Å². The van der Waals surface area contributed by atoms with Crippen LogP contribution in [0.15, 0.2) is 34.6 Å². The molecule has 0 aromatic heterocycles. The summed E-state index contributed by atoms with van der Waals surface area (Å²) in [5, 5.41) is 13.0. The first-order chi connectivity index (χ1) is 14.3. The second kappa shape index (κ2) is 8.92. The highest BCUT2D eigenvalue weighted by molar-refractivity contribution is 8.14. The summed E-state index contributed by atoms with van der Waals surface area (Å²) in [5.41, 5.74) is 14.5. The van der Waals surface area contributed by atoms with E-state index in [1.54, 1.807) is 0 Å². The third-order valence-corrected chi connectivity index (χ3v) is 7.10. The molecular weight excluding hydrogens is 398 g/mol. The van der Waals surface area contributed by atoms with E-state index in [-0.39, 0.29) is 17.5 Å². The first-order valence-corrected chi connectivity index (χ1v) is 11.0. The number of aliphatic imine (C=N–C) groups is 1. The van der Waals surface area contributed by atoms with E-state index in [1.165, 1.54) is 11.8 Å². The summed E-state index contributed by atoms with van der Waals surface area (Å²) >= 11 is 1.17. The first kappa shape index (κ1) is 21.9. The molecule has 0 saturated heterocycles. The lowest BCUT2D eigenvalue weighted by Crippen LogP contribution is -2.48. The van der Waals surface area contributed by atoms with Crippen molar-refractivity contribution in [1.82, 2.24) is 0 Å². The summed E-state index contributed by atoms with van der Waals surface area (Å²) in [6.07, 6.45) is 4.17. The van der Waals surface area contributed by atoms with Gasteiger partial charge in [-0.15, -0.1) is 0 Å². The van der Waals surface area contributed by atoms with Gasteiger partial charge in [-0.25, -0.2) is 4.99 Å². The molecule has 1 spiro atoms. The third-order valence-electron chi connectivity index (χ3n) is 6.07. The van der Waals surface area contributed by atoms with Crippen LogP contribution in [0.4, 0.5) is 5.69 Å². The monoisotopic (exact) mass is 425 g/mol. The number of allylic oxidation sites excluding steroid dienone is 1. The lowest BCUT2D eigenvalue weighted by Gasteiger charge is -2.44. The predicted octanol–water partition coefficient (Wildman–Crippen LogP) is 3.13. The number of hydrogen-bond donors (Lipinski definition) is 3. The number of benzene rings is 1. The summed E-state index contributed by atoms with van der Waals surface area (Å²) in [5.74, 6) is -1.27. The molecule has 7 nitrogen and oxygen atoms in total. The Balaban J connectivity index is 1.80. The van der Waals surface area contributed by atoms with Gasteiger partial charge >= 0.3 is 0 Å². The van der Waals surface area contributed by atoms with Gasteiger partial charge in [0, 0.05) is 11.1 Å². The molecule has 1 heterocycles. The molecule has 1 aliphatic carbocycles. The number of anilines is 1. The highest BCUT2D eigenvalue weighted by atomic mass is 32.2. The number of amides is 2. The molecule has 1 saturated carbocycles. The molecular formula is C22H27N5O2S. The lowest BCUT2D eigenvalue weighted by molar-refractivity contribution is -0.123. The topological polar surface area (TPSA) is 134 Å². The number of carbonyl (C=O) groups is 2. The number of hydrogen-bond acceptors (Lipinski definition) is 6. The van der Waals surface area contributed by atoms with Crippen LogP contribution in [0.3, 0.4) is 0 Å². The van der Waals surface area contributed by atoms with Crippen molar-refractivity contribution in [2.45, 2.75) is 46.0 Å². The Morgan fingerprint density at radius 3 is 2.57 bits per heavy atom. The standard InChI is InChI=1S/C22H27N5O2S/c1-13-6-7-15(10-14(13)2)26-17(28)12-30-21-18(20(25)29)22(8-4-3-5-9-22)16(11-23)19(24)27-21/h6-7,10,18H,3-5,8-9,12,24H2,1-2H3,(H2,25,29)(H,26,28)/t18-/m0/s1. The Morgan fingerprint density at radius 1 is 1.27 bits per heavy atom. The molecule has 1 fully saturated rings. The van der Waals surface area contributed by atoms with Crippen molar-refractivity contribution in [1.29, 1.82) is 5.26 Å². The number of nitriles is 1. The fourth-order valence-electron chi connectivity index (χ4n) is 4.43. The minimum absolute atomic E-state index is 0.0702. The van der Waals surface area contributed by atoms with Gasteiger partial charge in [-0.2, -0.15) is 5.26 Å². The molecule has 1 aromatic rings. The maximum absolute atomic E-state index is 12.5. The van der Waals surface area contributed by atoms with Gasteiger partial charge in [0.05, 0.1) is 28.4 Å². The van der Waals surface area contributed by atoms with Crippen LogP contribution in [0.2, 0.25) is 0 Å². The van der Waals surface area contributed by atoms with Gasteiger partial charge in [-0.3, -0.25) is 9.59 Å². The van der Waals surface area contributed by atoms with Crippen molar-refractivity contribution in [3.05, 3.63) is 40.7 Å². The van der Waals surface area contributed by atoms with Gasteiger partial charge in [0.15, 0.2) is 0 Å². The third kappa shape index (κ3) is 4.21. The summed E-state index contributed by atoms with van der Waals surface area (Å²) in [6, 6.07) is 7.90. The van der Waals surface area contributed by atoms with E-state index in [0.717, 1.165) is 36.1 Å². The van der Waals surface area contributed by atoms with Gasteiger partial charge in [0.2, 0.25) is 11.8 Å². The van der Waals surface area contributed by atoms with Crippen LogP contribution in [0.5, 0.6) is 0 Å². The first-order valence-electron chi connectivity index (χ1n) is 10.1. The van der Waals surface area contributed by atoms with E-state index < -0.39 is 17.2 Å². The van der Waals surface area contributed by atoms with E-state index in [2.05, 4.69) is 16.4 Å². The number of aryl methyl sites for hydroxylation is 2. The summed E-state index contributed by atoms with van der Waals surface area (Å²) in [7, 11) is 0. The van der Waals surface area contributed by atoms with Crippen molar-refractivity contribution in [2.75, 3.05) is 11.1 Å². The Morgan fingerprint density at radius 2 is 1.97 bits per heavy atom. The predicted molar refractivity (Wildman–Crippen MR) is 119 cm³/mol. The molecule has 0 bridgehead atoms. The molecule has 158 valence electrons. The second-order valence-corrected chi connectivity index (χ2v) is 9.01. The molecule has 1 aromatic carbocycles. The molecule has 1 atom stereocenters. The fourth-order valence-corrected chi connectivity index (χ4v) is 5.45. The number of nitrogens with two attached hydrogens (primary N) is 2. The summed E-state index contributed by atoms with van der Waals surface area (Å²) in [6.45, 7) is 4.00. The molecule has 2 aliphatic rings. The van der Waals surface area contributed by atoms with Crippen molar-refractivity contribution in [3.63, 3.8) is 0 Å². The van der Waals surface area contributed by atoms with Crippen molar-refractivity contribution in [3.8, 4) is 6.07 Å². The average molecular weight is 426 g/mol.